The van der Waals surface area contributed by atoms with E-state index in [0.29, 0.717) is 13.0 Å². The Kier molecular flexibility index (Phi) is 3.15. The van der Waals surface area contributed by atoms with Crippen molar-refractivity contribution in [1.29, 1.82) is 0 Å². The maximum Gasteiger partial charge on any atom is 0.266 e. The van der Waals surface area contributed by atoms with Crippen molar-refractivity contribution in [3.8, 4) is 0 Å². The number of alkyl halides is 2. The van der Waals surface area contributed by atoms with Crippen molar-refractivity contribution in [3.05, 3.63) is 30.1 Å². The molecule has 1 N–H and O–H groups in total. The first kappa shape index (κ1) is 13.9. The zero-order valence-corrected chi connectivity index (χ0v) is 11.3. The lowest BCUT2D eigenvalue weighted by Crippen LogP contribution is -2.56. The van der Waals surface area contributed by atoms with Gasteiger partial charge in [0.05, 0.1) is 17.5 Å². The van der Waals surface area contributed by atoms with Crippen LogP contribution in [0, 0.1) is 5.41 Å². The van der Waals surface area contributed by atoms with Gasteiger partial charge in [0, 0.05) is 31.9 Å². The Balaban J connectivity index is 1.89. The zero-order valence-electron chi connectivity index (χ0n) is 11.3. The molecule has 2 amide bonds. The molecule has 1 unspecified atom stereocenters. The van der Waals surface area contributed by atoms with Gasteiger partial charge >= 0.3 is 0 Å². The predicted octanol–water partition coefficient (Wildman–Crippen LogP) is 1.07. The van der Waals surface area contributed by atoms with Gasteiger partial charge in [-0.25, -0.2) is 8.78 Å². The van der Waals surface area contributed by atoms with Crippen LogP contribution in [0.5, 0.6) is 0 Å². The molecule has 1 aromatic rings. The predicted molar refractivity (Wildman–Crippen MR) is 69.8 cm³/mol. The first-order chi connectivity index (χ1) is 9.92. The third-order valence-corrected chi connectivity index (χ3v) is 4.08. The van der Waals surface area contributed by atoms with E-state index in [1.165, 1.54) is 18.5 Å². The van der Waals surface area contributed by atoms with Gasteiger partial charge in [-0.2, -0.15) is 0 Å². The lowest BCUT2D eigenvalue weighted by Gasteiger charge is -2.42. The molecule has 0 bridgehead atoms. The van der Waals surface area contributed by atoms with Gasteiger partial charge in [0.15, 0.2) is 0 Å². The fourth-order valence-electron chi connectivity index (χ4n) is 3.16. The van der Waals surface area contributed by atoms with Crippen LogP contribution in [-0.4, -0.2) is 47.3 Å². The molecule has 7 heteroatoms. The standard InChI is InChI=1S/C14H15F2N3O2/c15-14(16)7-13(3-5-18-12(13)21)8-19(9-14)11(20)10-2-1-4-17-6-10/h1-2,4,6H,3,5,7-9H2,(H,18,21). The fraction of sp³-hybridized carbons (Fsp3) is 0.500. The topological polar surface area (TPSA) is 62.3 Å². The molecule has 2 aliphatic heterocycles. The Bertz CT molecular complexity index is 579. The van der Waals surface area contributed by atoms with Crippen molar-refractivity contribution in [2.75, 3.05) is 19.6 Å². The van der Waals surface area contributed by atoms with Crippen molar-refractivity contribution in [1.82, 2.24) is 15.2 Å². The summed E-state index contributed by atoms with van der Waals surface area (Å²) in [6.45, 7) is -0.248. The van der Waals surface area contributed by atoms with E-state index >= 15 is 0 Å². The first-order valence-electron chi connectivity index (χ1n) is 6.77. The van der Waals surface area contributed by atoms with E-state index in [-0.39, 0.29) is 18.0 Å². The van der Waals surface area contributed by atoms with Crippen LogP contribution in [0.2, 0.25) is 0 Å². The second-order valence-electron chi connectivity index (χ2n) is 5.72. The van der Waals surface area contributed by atoms with E-state index in [9.17, 15) is 18.4 Å². The Morgan fingerprint density at radius 1 is 1.38 bits per heavy atom. The van der Waals surface area contributed by atoms with E-state index in [2.05, 4.69) is 10.3 Å². The molecular formula is C14H15F2N3O2. The number of halogens is 2. The molecule has 1 aromatic heterocycles. The number of nitrogens with zero attached hydrogens (tertiary/aromatic N) is 2. The fourth-order valence-corrected chi connectivity index (χ4v) is 3.16. The highest BCUT2D eigenvalue weighted by Crippen LogP contribution is 2.43. The monoisotopic (exact) mass is 295 g/mol. The lowest BCUT2D eigenvalue weighted by atomic mass is 9.77. The SMILES string of the molecule is O=C(c1cccnc1)N1CC(F)(F)CC2(CCNC2=O)C1. The quantitative estimate of drug-likeness (QED) is 0.843. The van der Waals surface area contributed by atoms with Gasteiger partial charge in [-0.1, -0.05) is 0 Å². The molecule has 2 saturated heterocycles. The summed E-state index contributed by atoms with van der Waals surface area (Å²) in [5.41, 5.74) is -0.914. The number of rotatable bonds is 1. The minimum atomic E-state index is -3.06. The van der Waals surface area contributed by atoms with Gasteiger partial charge in [-0.15, -0.1) is 0 Å². The molecule has 0 radical (unpaired) electrons. The van der Waals surface area contributed by atoms with E-state index in [4.69, 9.17) is 0 Å². The highest BCUT2D eigenvalue weighted by atomic mass is 19.3. The number of hydrogen-bond donors (Lipinski definition) is 1. The van der Waals surface area contributed by atoms with Crippen LogP contribution in [0.25, 0.3) is 0 Å². The van der Waals surface area contributed by atoms with Crippen LogP contribution in [0.1, 0.15) is 23.2 Å². The third kappa shape index (κ3) is 2.48. The molecule has 112 valence electrons. The summed E-state index contributed by atoms with van der Waals surface area (Å²) in [4.78, 5) is 29.2. The maximum absolute atomic E-state index is 14.0. The third-order valence-electron chi connectivity index (χ3n) is 4.08. The number of aromatic nitrogens is 1. The highest BCUT2D eigenvalue weighted by Gasteiger charge is 2.55. The summed E-state index contributed by atoms with van der Waals surface area (Å²) >= 11 is 0. The summed E-state index contributed by atoms with van der Waals surface area (Å²) in [6, 6.07) is 3.11. The van der Waals surface area contributed by atoms with Crippen LogP contribution in [0.4, 0.5) is 8.78 Å². The Morgan fingerprint density at radius 2 is 2.19 bits per heavy atom. The summed E-state index contributed by atoms with van der Waals surface area (Å²) in [5.74, 6) is -3.95. The normalized spacial score (nSPS) is 27.7. The molecule has 0 aliphatic carbocycles. The minimum Gasteiger partial charge on any atom is -0.356 e. The Hall–Kier alpha value is -2.05. The van der Waals surface area contributed by atoms with Crippen LogP contribution < -0.4 is 5.32 Å². The number of hydrogen-bond acceptors (Lipinski definition) is 3. The van der Waals surface area contributed by atoms with Gasteiger partial charge in [0.2, 0.25) is 5.91 Å². The van der Waals surface area contributed by atoms with Crippen molar-refractivity contribution >= 4 is 11.8 Å². The van der Waals surface area contributed by atoms with Gasteiger partial charge in [-0.05, 0) is 18.6 Å². The molecule has 1 atom stereocenters. The van der Waals surface area contributed by atoms with E-state index < -0.39 is 30.2 Å². The van der Waals surface area contributed by atoms with Gasteiger partial charge < -0.3 is 10.2 Å². The second kappa shape index (κ2) is 4.75. The zero-order chi connectivity index (χ0) is 15.1. The van der Waals surface area contributed by atoms with Gasteiger partial charge in [-0.3, -0.25) is 14.6 Å². The molecule has 2 aliphatic rings. The van der Waals surface area contributed by atoms with Crippen LogP contribution in [0.15, 0.2) is 24.5 Å². The Morgan fingerprint density at radius 3 is 2.81 bits per heavy atom. The first-order valence-corrected chi connectivity index (χ1v) is 6.77. The number of likely N-dealkylation sites (tertiary alicyclic amines) is 1. The van der Waals surface area contributed by atoms with E-state index in [1.807, 2.05) is 0 Å². The Labute approximate surface area is 120 Å². The number of pyridine rings is 1. The molecule has 1 spiro atoms. The number of carbonyl (C=O) groups is 2. The highest BCUT2D eigenvalue weighted by molar-refractivity contribution is 5.95. The minimum absolute atomic E-state index is 0.0299. The van der Waals surface area contributed by atoms with Crippen LogP contribution in [-0.2, 0) is 4.79 Å². The molecule has 0 saturated carbocycles. The molecule has 3 heterocycles. The largest absolute Gasteiger partial charge is 0.356 e. The van der Waals surface area contributed by atoms with Crippen molar-refractivity contribution < 1.29 is 18.4 Å². The van der Waals surface area contributed by atoms with Crippen LogP contribution in [0.3, 0.4) is 0 Å². The molecular weight excluding hydrogens is 280 g/mol. The lowest BCUT2D eigenvalue weighted by molar-refractivity contribution is -0.144. The van der Waals surface area contributed by atoms with E-state index in [1.54, 1.807) is 6.07 Å². The van der Waals surface area contributed by atoms with Crippen LogP contribution >= 0.6 is 0 Å². The number of piperidine rings is 1. The van der Waals surface area contributed by atoms with Crippen molar-refractivity contribution in [3.63, 3.8) is 0 Å². The summed E-state index contributed by atoms with van der Waals surface area (Å²) in [6.07, 6.45) is 2.69. The summed E-state index contributed by atoms with van der Waals surface area (Å²) in [7, 11) is 0. The molecule has 5 nitrogen and oxygen atoms in total. The average molecular weight is 295 g/mol. The molecule has 21 heavy (non-hydrogen) atoms. The van der Waals surface area contributed by atoms with Gasteiger partial charge in [0.1, 0.15) is 0 Å². The number of nitrogens with one attached hydrogen (secondary N) is 1. The molecule has 3 rings (SSSR count). The van der Waals surface area contributed by atoms with Crippen molar-refractivity contribution in [2.24, 2.45) is 5.41 Å². The summed E-state index contributed by atoms with van der Waals surface area (Å²) < 4.78 is 28.0. The van der Waals surface area contributed by atoms with E-state index in [0.717, 1.165) is 4.90 Å². The smallest absolute Gasteiger partial charge is 0.266 e. The number of amides is 2. The molecule has 2 fully saturated rings. The number of carbonyl (C=O) groups excluding carboxylic acids is 2. The second-order valence-corrected chi connectivity index (χ2v) is 5.72. The molecule has 0 aromatic carbocycles. The maximum atomic E-state index is 14.0. The van der Waals surface area contributed by atoms with Gasteiger partial charge in [0.25, 0.3) is 11.8 Å². The summed E-state index contributed by atoms with van der Waals surface area (Å²) in [5, 5.41) is 2.59. The average Bonchev–Trinajstić information content (AvgIpc) is 2.77. The van der Waals surface area contributed by atoms with Crippen molar-refractivity contribution in [2.45, 2.75) is 18.8 Å².